The van der Waals surface area contributed by atoms with Crippen molar-refractivity contribution in [1.82, 2.24) is 5.32 Å². The van der Waals surface area contributed by atoms with E-state index in [1.165, 1.54) is 0 Å². The molecule has 0 saturated heterocycles. The van der Waals surface area contributed by atoms with E-state index in [0.29, 0.717) is 16.5 Å². The molecule has 108 valence electrons. The summed E-state index contributed by atoms with van der Waals surface area (Å²) in [5.74, 6) is 1.11. The summed E-state index contributed by atoms with van der Waals surface area (Å²) in [4.78, 5) is 11.8. The molecule has 1 amide bonds. The zero-order valence-electron chi connectivity index (χ0n) is 11.1. The maximum Gasteiger partial charge on any atom is 0.246 e. The van der Waals surface area contributed by atoms with E-state index in [9.17, 15) is 4.79 Å². The average molecular weight is 368 g/mol. The highest BCUT2D eigenvalue weighted by Gasteiger charge is 2.29. The first kappa shape index (κ1) is 14.4. The summed E-state index contributed by atoms with van der Waals surface area (Å²) in [6.45, 7) is 0. The molecule has 0 aliphatic carbocycles. The standard InChI is InChI=1S/C15H12BrClN2O2/c1-18-14-10-4-3-9(7-12(10)19-15(14)20)21-13-6-8(16)2-5-11(13)17/h2-7,14,18H,1H3,(H,19,20). The first-order chi connectivity index (χ1) is 10.1. The SMILES string of the molecule is CNC1C(=O)Nc2cc(Oc3cc(Br)ccc3Cl)ccc21. The quantitative estimate of drug-likeness (QED) is 0.858. The maximum atomic E-state index is 11.8. The topological polar surface area (TPSA) is 50.4 Å². The first-order valence-corrected chi connectivity index (χ1v) is 7.50. The summed E-state index contributed by atoms with van der Waals surface area (Å²) in [7, 11) is 1.75. The summed E-state index contributed by atoms with van der Waals surface area (Å²) in [6, 6.07) is 10.6. The Hall–Kier alpha value is -1.56. The molecule has 0 fully saturated rings. The van der Waals surface area contributed by atoms with Crippen LogP contribution in [0.15, 0.2) is 40.9 Å². The van der Waals surface area contributed by atoms with Gasteiger partial charge < -0.3 is 15.4 Å². The minimum atomic E-state index is -0.316. The van der Waals surface area contributed by atoms with Gasteiger partial charge in [0.05, 0.1) is 5.02 Å². The van der Waals surface area contributed by atoms with E-state index in [-0.39, 0.29) is 11.9 Å². The zero-order valence-corrected chi connectivity index (χ0v) is 13.5. The van der Waals surface area contributed by atoms with E-state index >= 15 is 0 Å². The fourth-order valence-electron chi connectivity index (χ4n) is 2.27. The molecule has 1 atom stereocenters. The molecule has 21 heavy (non-hydrogen) atoms. The third kappa shape index (κ3) is 2.77. The molecule has 4 nitrogen and oxygen atoms in total. The lowest BCUT2D eigenvalue weighted by atomic mass is 10.1. The normalized spacial score (nSPS) is 16.5. The van der Waals surface area contributed by atoms with Crippen molar-refractivity contribution in [2.24, 2.45) is 0 Å². The Bertz CT molecular complexity index is 721. The monoisotopic (exact) mass is 366 g/mol. The van der Waals surface area contributed by atoms with Gasteiger partial charge in [0.2, 0.25) is 5.91 Å². The molecular weight excluding hydrogens is 356 g/mol. The van der Waals surface area contributed by atoms with E-state index in [1.54, 1.807) is 25.2 Å². The Morgan fingerprint density at radius 3 is 2.86 bits per heavy atom. The van der Waals surface area contributed by atoms with Crippen molar-refractivity contribution in [1.29, 1.82) is 0 Å². The lowest BCUT2D eigenvalue weighted by Gasteiger charge is -2.10. The predicted octanol–water partition coefficient (Wildman–Crippen LogP) is 4.11. The second kappa shape index (κ2) is 5.67. The van der Waals surface area contributed by atoms with Crippen LogP contribution in [0, 0.1) is 0 Å². The van der Waals surface area contributed by atoms with Crippen molar-refractivity contribution < 1.29 is 9.53 Å². The van der Waals surface area contributed by atoms with Crippen molar-refractivity contribution in [2.75, 3.05) is 12.4 Å². The second-order valence-electron chi connectivity index (χ2n) is 4.64. The molecule has 1 unspecified atom stereocenters. The number of ether oxygens (including phenoxy) is 1. The van der Waals surface area contributed by atoms with Gasteiger partial charge in [0, 0.05) is 21.8 Å². The van der Waals surface area contributed by atoms with E-state index < -0.39 is 0 Å². The number of fused-ring (bicyclic) bond motifs is 1. The molecule has 2 N–H and O–H groups in total. The van der Waals surface area contributed by atoms with Crippen LogP contribution < -0.4 is 15.4 Å². The molecule has 2 aromatic rings. The minimum Gasteiger partial charge on any atom is -0.456 e. The van der Waals surface area contributed by atoms with Crippen LogP contribution in [0.3, 0.4) is 0 Å². The fraction of sp³-hybridized carbons (Fsp3) is 0.133. The Labute approximate surface area is 135 Å². The Kier molecular flexibility index (Phi) is 3.89. The van der Waals surface area contributed by atoms with Crippen LogP contribution in [0.5, 0.6) is 11.5 Å². The van der Waals surface area contributed by atoms with Crippen LogP contribution in [0.4, 0.5) is 5.69 Å². The number of nitrogens with one attached hydrogen (secondary N) is 2. The molecule has 0 radical (unpaired) electrons. The Balaban J connectivity index is 1.90. The number of carbonyl (C=O) groups excluding carboxylic acids is 1. The van der Waals surface area contributed by atoms with Gasteiger partial charge in [0.25, 0.3) is 0 Å². The van der Waals surface area contributed by atoms with Crippen LogP contribution in [0.1, 0.15) is 11.6 Å². The average Bonchev–Trinajstić information content (AvgIpc) is 2.77. The van der Waals surface area contributed by atoms with Gasteiger partial charge in [-0.15, -0.1) is 0 Å². The highest BCUT2D eigenvalue weighted by molar-refractivity contribution is 9.10. The number of hydrogen-bond acceptors (Lipinski definition) is 3. The number of carbonyl (C=O) groups is 1. The lowest BCUT2D eigenvalue weighted by molar-refractivity contribution is -0.117. The molecule has 0 saturated carbocycles. The van der Waals surface area contributed by atoms with Crippen molar-refractivity contribution in [3.05, 3.63) is 51.5 Å². The third-order valence-electron chi connectivity index (χ3n) is 3.27. The number of benzene rings is 2. The van der Waals surface area contributed by atoms with Gasteiger partial charge >= 0.3 is 0 Å². The van der Waals surface area contributed by atoms with Gasteiger partial charge in [0.1, 0.15) is 17.5 Å². The highest BCUT2D eigenvalue weighted by atomic mass is 79.9. The van der Waals surface area contributed by atoms with Crippen molar-refractivity contribution >= 4 is 39.1 Å². The van der Waals surface area contributed by atoms with Gasteiger partial charge in [-0.2, -0.15) is 0 Å². The number of likely N-dealkylation sites (N-methyl/N-ethyl adjacent to an activating group) is 1. The van der Waals surface area contributed by atoms with Crippen LogP contribution in [0.2, 0.25) is 5.02 Å². The van der Waals surface area contributed by atoms with Gasteiger partial charge in [-0.05, 0) is 31.3 Å². The summed E-state index contributed by atoms with van der Waals surface area (Å²) in [6.07, 6.45) is 0. The number of rotatable bonds is 3. The van der Waals surface area contributed by atoms with Gasteiger partial charge in [0.15, 0.2) is 0 Å². The molecule has 3 rings (SSSR count). The number of anilines is 1. The van der Waals surface area contributed by atoms with E-state index in [1.807, 2.05) is 18.2 Å². The molecule has 1 heterocycles. The zero-order chi connectivity index (χ0) is 15.0. The lowest BCUT2D eigenvalue weighted by Crippen LogP contribution is -2.23. The van der Waals surface area contributed by atoms with Crippen LogP contribution >= 0.6 is 27.5 Å². The predicted molar refractivity (Wildman–Crippen MR) is 86.1 cm³/mol. The summed E-state index contributed by atoms with van der Waals surface area (Å²) in [5, 5.41) is 6.33. The molecule has 2 aromatic carbocycles. The minimum absolute atomic E-state index is 0.0647. The number of hydrogen-bond donors (Lipinski definition) is 2. The van der Waals surface area contributed by atoms with Crippen molar-refractivity contribution in [3.63, 3.8) is 0 Å². The summed E-state index contributed by atoms with van der Waals surface area (Å²) in [5.41, 5.74) is 1.66. The molecule has 0 spiro atoms. The maximum absolute atomic E-state index is 11.8. The van der Waals surface area contributed by atoms with Crippen LogP contribution in [-0.2, 0) is 4.79 Å². The molecule has 0 aromatic heterocycles. The molecule has 1 aliphatic heterocycles. The summed E-state index contributed by atoms with van der Waals surface area (Å²) < 4.78 is 6.67. The van der Waals surface area contributed by atoms with Gasteiger partial charge in [-0.25, -0.2) is 0 Å². The Morgan fingerprint density at radius 1 is 1.29 bits per heavy atom. The fourth-order valence-corrected chi connectivity index (χ4v) is 2.77. The number of halogens is 2. The highest BCUT2D eigenvalue weighted by Crippen LogP contribution is 2.37. The third-order valence-corrected chi connectivity index (χ3v) is 4.07. The first-order valence-electron chi connectivity index (χ1n) is 6.33. The van der Waals surface area contributed by atoms with E-state index in [0.717, 1.165) is 15.7 Å². The molecule has 1 aliphatic rings. The van der Waals surface area contributed by atoms with E-state index in [4.69, 9.17) is 16.3 Å². The second-order valence-corrected chi connectivity index (χ2v) is 5.96. The summed E-state index contributed by atoms with van der Waals surface area (Å²) >= 11 is 9.49. The smallest absolute Gasteiger partial charge is 0.246 e. The Morgan fingerprint density at radius 2 is 2.10 bits per heavy atom. The van der Waals surface area contributed by atoms with E-state index in [2.05, 4.69) is 26.6 Å². The number of amides is 1. The van der Waals surface area contributed by atoms with Gasteiger partial charge in [-0.3, -0.25) is 4.79 Å². The largest absolute Gasteiger partial charge is 0.456 e. The van der Waals surface area contributed by atoms with Crippen LogP contribution in [-0.4, -0.2) is 13.0 Å². The van der Waals surface area contributed by atoms with Crippen molar-refractivity contribution in [2.45, 2.75) is 6.04 Å². The molecule has 6 heteroatoms. The van der Waals surface area contributed by atoms with Crippen molar-refractivity contribution in [3.8, 4) is 11.5 Å². The van der Waals surface area contributed by atoms with Gasteiger partial charge in [-0.1, -0.05) is 33.6 Å². The molecular formula is C15H12BrClN2O2. The van der Waals surface area contributed by atoms with Crippen LogP contribution in [0.25, 0.3) is 0 Å². The molecule has 0 bridgehead atoms.